The molecule has 33 heavy (non-hydrogen) atoms. The first-order valence-corrected chi connectivity index (χ1v) is 11.9. The monoisotopic (exact) mass is 492 g/mol. The predicted octanol–water partition coefficient (Wildman–Crippen LogP) is 7.96. The molecule has 0 radical (unpaired) electrons. The van der Waals surface area contributed by atoms with Crippen LogP contribution in [-0.2, 0) is 5.41 Å². The summed E-state index contributed by atoms with van der Waals surface area (Å²) in [6, 6.07) is 36.2. The van der Waals surface area contributed by atoms with E-state index in [0.29, 0.717) is 0 Å². The summed E-state index contributed by atoms with van der Waals surface area (Å²) in [5, 5.41) is 0. The van der Waals surface area contributed by atoms with E-state index in [1.807, 2.05) is 12.1 Å². The van der Waals surface area contributed by atoms with Gasteiger partial charge in [-0.2, -0.15) is 4.57 Å². The standard InChI is InChI=1S/C30H23BrNO/c1-30(2)24-10-6-7-11-25(24)32-26(20-8-4-3-5-9-20)18-22(19-29(30)32)28-17-16-27(33-28)21-12-14-23(31)15-13-21/h3-19H,1-2H3/q+1. The van der Waals surface area contributed by atoms with Crippen molar-refractivity contribution in [3.8, 4) is 39.6 Å². The molecule has 0 bridgehead atoms. The fourth-order valence-electron chi connectivity index (χ4n) is 4.88. The van der Waals surface area contributed by atoms with Crippen LogP contribution in [0.3, 0.4) is 0 Å². The first-order chi connectivity index (χ1) is 16.0. The molecule has 3 aromatic carbocycles. The minimum Gasteiger partial charge on any atom is -0.456 e. The van der Waals surface area contributed by atoms with E-state index in [4.69, 9.17) is 4.42 Å². The van der Waals surface area contributed by atoms with E-state index in [1.54, 1.807) is 0 Å². The predicted molar refractivity (Wildman–Crippen MR) is 136 cm³/mol. The van der Waals surface area contributed by atoms with Gasteiger partial charge in [-0.15, -0.1) is 0 Å². The minimum atomic E-state index is -0.114. The van der Waals surface area contributed by atoms with Gasteiger partial charge in [0.05, 0.1) is 5.41 Å². The number of benzene rings is 3. The van der Waals surface area contributed by atoms with Crippen LogP contribution in [0.5, 0.6) is 0 Å². The zero-order chi connectivity index (χ0) is 22.6. The lowest BCUT2D eigenvalue weighted by Gasteiger charge is -2.15. The number of rotatable bonds is 3. The molecule has 0 saturated carbocycles. The number of aromatic nitrogens is 1. The molecule has 0 fully saturated rings. The van der Waals surface area contributed by atoms with Crippen molar-refractivity contribution in [3.05, 3.63) is 119 Å². The Bertz CT molecular complexity index is 1480. The third kappa shape index (κ3) is 3.27. The number of nitrogens with zero attached hydrogens (tertiary/aromatic N) is 1. The van der Waals surface area contributed by atoms with Gasteiger partial charge in [0.25, 0.3) is 0 Å². The molecule has 0 N–H and O–H groups in total. The molecule has 6 rings (SSSR count). The van der Waals surface area contributed by atoms with E-state index in [0.717, 1.165) is 27.1 Å². The SMILES string of the molecule is CC1(C)c2ccccc2-[n+]2c(-c3ccccc3)cc(-c3ccc(-c4ccc(Br)cc4)o3)cc21. The molecule has 0 spiro atoms. The summed E-state index contributed by atoms with van der Waals surface area (Å²) in [6.07, 6.45) is 0. The Morgan fingerprint density at radius 1 is 0.667 bits per heavy atom. The highest BCUT2D eigenvalue weighted by Gasteiger charge is 2.45. The highest BCUT2D eigenvalue weighted by molar-refractivity contribution is 9.10. The summed E-state index contributed by atoms with van der Waals surface area (Å²) < 4.78 is 9.83. The Morgan fingerprint density at radius 3 is 2.09 bits per heavy atom. The van der Waals surface area contributed by atoms with Gasteiger partial charge in [-0.1, -0.05) is 64.5 Å². The molecule has 0 amide bonds. The van der Waals surface area contributed by atoms with E-state index >= 15 is 0 Å². The maximum absolute atomic E-state index is 6.37. The van der Waals surface area contributed by atoms with Crippen molar-refractivity contribution in [2.45, 2.75) is 19.3 Å². The van der Waals surface area contributed by atoms with Crippen molar-refractivity contribution in [2.75, 3.05) is 0 Å². The highest BCUT2D eigenvalue weighted by Crippen LogP contribution is 2.42. The van der Waals surface area contributed by atoms with Gasteiger partial charge in [0.1, 0.15) is 11.5 Å². The molecule has 3 heteroatoms. The summed E-state index contributed by atoms with van der Waals surface area (Å²) in [5.74, 6) is 1.75. The summed E-state index contributed by atoms with van der Waals surface area (Å²) in [5.41, 5.74) is 8.25. The summed E-state index contributed by atoms with van der Waals surface area (Å²) in [4.78, 5) is 0. The molecule has 2 aromatic heterocycles. The quantitative estimate of drug-likeness (QED) is 0.233. The average Bonchev–Trinajstić information content (AvgIpc) is 3.42. The second-order valence-electron chi connectivity index (χ2n) is 9.03. The van der Waals surface area contributed by atoms with Crippen molar-refractivity contribution in [2.24, 2.45) is 0 Å². The summed E-state index contributed by atoms with van der Waals surface area (Å²) in [7, 11) is 0. The molecule has 5 aromatic rings. The Morgan fingerprint density at radius 2 is 1.33 bits per heavy atom. The molecule has 160 valence electrons. The second kappa shape index (κ2) is 7.57. The lowest BCUT2D eigenvalue weighted by atomic mass is 9.83. The molecule has 2 nitrogen and oxygen atoms in total. The lowest BCUT2D eigenvalue weighted by molar-refractivity contribution is -0.588. The number of hydrogen-bond donors (Lipinski definition) is 0. The van der Waals surface area contributed by atoms with Crippen molar-refractivity contribution in [3.63, 3.8) is 0 Å². The topological polar surface area (TPSA) is 17.0 Å². The smallest absolute Gasteiger partial charge is 0.219 e. The zero-order valence-electron chi connectivity index (χ0n) is 18.5. The van der Waals surface area contributed by atoms with Crippen molar-refractivity contribution < 1.29 is 8.98 Å². The van der Waals surface area contributed by atoms with Gasteiger partial charge in [-0.25, -0.2) is 0 Å². The van der Waals surface area contributed by atoms with Crippen LogP contribution in [0.4, 0.5) is 0 Å². The summed E-state index contributed by atoms with van der Waals surface area (Å²) in [6.45, 7) is 4.61. The zero-order valence-corrected chi connectivity index (χ0v) is 20.1. The molecule has 1 aliphatic rings. The number of hydrogen-bond acceptors (Lipinski definition) is 1. The number of pyridine rings is 1. The number of halogens is 1. The molecule has 1 aliphatic heterocycles. The number of fused-ring (bicyclic) bond motifs is 3. The molecule has 0 aliphatic carbocycles. The van der Waals surface area contributed by atoms with Gasteiger partial charge in [-0.3, -0.25) is 0 Å². The fourth-order valence-corrected chi connectivity index (χ4v) is 5.14. The first-order valence-electron chi connectivity index (χ1n) is 11.1. The lowest BCUT2D eigenvalue weighted by Crippen LogP contribution is -2.37. The van der Waals surface area contributed by atoms with Gasteiger partial charge in [-0.05, 0) is 50.2 Å². The van der Waals surface area contributed by atoms with Crippen molar-refractivity contribution in [1.82, 2.24) is 0 Å². The van der Waals surface area contributed by atoms with Crippen LogP contribution in [0.15, 0.2) is 112 Å². The normalized spacial score (nSPS) is 13.5. The van der Waals surface area contributed by atoms with E-state index in [-0.39, 0.29) is 5.41 Å². The average molecular weight is 493 g/mol. The van der Waals surface area contributed by atoms with E-state index in [2.05, 4.69) is 125 Å². The third-order valence-electron chi connectivity index (χ3n) is 6.61. The van der Waals surface area contributed by atoms with Crippen molar-refractivity contribution in [1.29, 1.82) is 0 Å². The Hall–Kier alpha value is -3.43. The van der Waals surface area contributed by atoms with E-state index < -0.39 is 0 Å². The first kappa shape index (κ1) is 20.2. The summed E-state index contributed by atoms with van der Waals surface area (Å²) >= 11 is 3.51. The minimum absolute atomic E-state index is 0.114. The molecular weight excluding hydrogens is 470 g/mol. The van der Waals surface area contributed by atoms with Gasteiger partial charge in [0, 0.05) is 44.9 Å². The second-order valence-corrected chi connectivity index (χ2v) is 9.94. The molecule has 0 saturated heterocycles. The van der Waals surface area contributed by atoms with Crippen LogP contribution < -0.4 is 4.57 Å². The van der Waals surface area contributed by atoms with Gasteiger partial charge < -0.3 is 4.42 Å². The largest absolute Gasteiger partial charge is 0.456 e. The van der Waals surface area contributed by atoms with Gasteiger partial charge in [0.15, 0.2) is 5.69 Å². The number of para-hydroxylation sites is 1. The van der Waals surface area contributed by atoms with Crippen molar-refractivity contribution >= 4 is 15.9 Å². The van der Waals surface area contributed by atoms with Crippen LogP contribution >= 0.6 is 15.9 Å². The van der Waals surface area contributed by atoms with Crippen LogP contribution in [0, 0.1) is 0 Å². The maximum atomic E-state index is 6.37. The third-order valence-corrected chi connectivity index (χ3v) is 7.14. The van der Waals surface area contributed by atoms with Crippen LogP contribution in [0.1, 0.15) is 25.1 Å². The highest BCUT2D eigenvalue weighted by atomic mass is 79.9. The van der Waals surface area contributed by atoms with Gasteiger partial charge >= 0.3 is 0 Å². The molecule has 0 unspecified atom stereocenters. The Labute approximate surface area is 202 Å². The Kier molecular flexibility index (Phi) is 4.63. The maximum Gasteiger partial charge on any atom is 0.219 e. The Balaban J connectivity index is 1.56. The molecule has 0 atom stereocenters. The molecule has 3 heterocycles. The fraction of sp³-hybridized carbons (Fsp3) is 0.100. The van der Waals surface area contributed by atoms with Crippen LogP contribution in [-0.4, -0.2) is 0 Å². The van der Waals surface area contributed by atoms with E-state index in [1.165, 1.54) is 28.2 Å². The van der Waals surface area contributed by atoms with E-state index in [9.17, 15) is 0 Å². The van der Waals surface area contributed by atoms with Gasteiger partial charge in [0.2, 0.25) is 11.4 Å². The molecular formula is C30H23BrNO+. The van der Waals surface area contributed by atoms with Crippen LogP contribution in [0.25, 0.3) is 39.6 Å². The number of furan rings is 1. The van der Waals surface area contributed by atoms with Crippen LogP contribution in [0.2, 0.25) is 0 Å².